The number of aromatic nitrogens is 3. The normalized spacial score (nSPS) is 11.0. The molecular formula is C18H20N4O3. The van der Waals surface area contributed by atoms with E-state index in [9.17, 15) is 14.4 Å². The molecule has 1 aromatic carbocycles. The van der Waals surface area contributed by atoms with Crippen LogP contribution in [0.25, 0.3) is 10.9 Å². The van der Waals surface area contributed by atoms with Crippen LogP contribution in [-0.2, 0) is 13.0 Å². The van der Waals surface area contributed by atoms with Gasteiger partial charge in [0.2, 0.25) is 0 Å². The maximum absolute atomic E-state index is 12.2. The van der Waals surface area contributed by atoms with Crippen LogP contribution in [0.2, 0.25) is 0 Å². The number of hydrogen-bond donors (Lipinski definition) is 4. The van der Waals surface area contributed by atoms with Crippen molar-refractivity contribution in [3.05, 3.63) is 67.1 Å². The molecule has 0 spiro atoms. The zero-order valence-corrected chi connectivity index (χ0v) is 14.4. The van der Waals surface area contributed by atoms with Gasteiger partial charge in [0.25, 0.3) is 11.5 Å². The molecule has 7 nitrogen and oxygen atoms in total. The van der Waals surface area contributed by atoms with Gasteiger partial charge in [-0.25, -0.2) is 4.79 Å². The summed E-state index contributed by atoms with van der Waals surface area (Å²) in [5.74, 6) is -0.503. The molecule has 25 heavy (non-hydrogen) atoms. The van der Waals surface area contributed by atoms with Gasteiger partial charge < -0.3 is 15.3 Å². The molecule has 0 aliphatic carbocycles. The summed E-state index contributed by atoms with van der Waals surface area (Å²) < 4.78 is 0. The van der Waals surface area contributed by atoms with Gasteiger partial charge in [-0.05, 0) is 37.5 Å². The Morgan fingerprint density at radius 2 is 1.84 bits per heavy atom. The maximum Gasteiger partial charge on any atom is 0.326 e. The summed E-state index contributed by atoms with van der Waals surface area (Å²) in [6, 6.07) is 5.20. The lowest BCUT2D eigenvalue weighted by Crippen LogP contribution is -2.30. The van der Waals surface area contributed by atoms with E-state index in [0.717, 1.165) is 34.5 Å². The van der Waals surface area contributed by atoms with Crippen molar-refractivity contribution in [2.75, 3.05) is 0 Å². The van der Waals surface area contributed by atoms with Crippen molar-refractivity contribution in [2.45, 2.75) is 33.7 Å². The minimum Gasteiger partial charge on any atom is -0.358 e. The van der Waals surface area contributed by atoms with E-state index in [1.807, 2.05) is 18.0 Å². The Labute approximate surface area is 143 Å². The van der Waals surface area contributed by atoms with Crippen molar-refractivity contribution < 1.29 is 4.79 Å². The van der Waals surface area contributed by atoms with E-state index in [1.54, 1.807) is 0 Å². The second-order valence-electron chi connectivity index (χ2n) is 6.11. The standard InChI is InChI=1S/C18H20N4O3/c1-4-13-10(3)12-6-9(2)5-11(16(12)20-13)8-19-17(24)14-7-15(23)22-18(25)21-14/h5-7,20H,4,8H2,1-3H3,(H,19,24)(H2,21,22,23,25). The van der Waals surface area contributed by atoms with E-state index in [4.69, 9.17) is 0 Å². The van der Waals surface area contributed by atoms with Crippen LogP contribution in [0.4, 0.5) is 0 Å². The summed E-state index contributed by atoms with van der Waals surface area (Å²) in [7, 11) is 0. The Bertz CT molecular complexity index is 1040. The highest BCUT2D eigenvalue weighted by molar-refractivity contribution is 5.93. The fourth-order valence-electron chi connectivity index (χ4n) is 3.07. The average Bonchev–Trinajstić information content (AvgIpc) is 2.88. The first-order valence-electron chi connectivity index (χ1n) is 8.11. The minimum atomic E-state index is -0.705. The molecule has 2 aromatic heterocycles. The summed E-state index contributed by atoms with van der Waals surface area (Å²) in [6.45, 7) is 6.47. The van der Waals surface area contributed by atoms with Crippen LogP contribution >= 0.6 is 0 Å². The van der Waals surface area contributed by atoms with Gasteiger partial charge in [0, 0.05) is 23.7 Å². The fourth-order valence-corrected chi connectivity index (χ4v) is 3.07. The molecule has 0 fully saturated rings. The molecule has 3 rings (SSSR count). The third-order valence-electron chi connectivity index (χ3n) is 4.29. The molecule has 0 aliphatic rings. The van der Waals surface area contributed by atoms with Gasteiger partial charge >= 0.3 is 5.69 Å². The molecule has 0 radical (unpaired) electrons. The van der Waals surface area contributed by atoms with Gasteiger partial charge in [0.1, 0.15) is 5.69 Å². The Balaban J connectivity index is 1.91. The molecule has 0 aliphatic heterocycles. The SMILES string of the molecule is CCc1[nH]c2c(CNC(=O)c3cc(=O)[nH]c(=O)[nH]3)cc(C)cc2c1C. The predicted octanol–water partition coefficient (Wildman–Crippen LogP) is 1.65. The first kappa shape index (κ1) is 16.8. The first-order chi connectivity index (χ1) is 11.9. The van der Waals surface area contributed by atoms with E-state index in [0.29, 0.717) is 0 Å². The lowest BCUT2D eigenvalue weighted by atomic mass is 10.0. The van der Waals surface area contributed by atoms with Crippen LogP contribution in [0.15, 0.2) is 27.8 Å². The predicted molar refractivity (Wildman–Crippen MR) is 96.0 cm³/mol. The summed E-state index contributed by atoms with van der Waals surface area (Å²) in [6.07, 6.45) is 0.902. The molecule has 0 bridgehead atoms. The Morgan fingerprint density at radius 3 is 2.52 bits per heavy atom. The van der Waals surface area contributed by atoms with Gasteiger partial charge in [-0.1, -0.05) is 18.6 Å². The molecule has 4 N–H and O–H groups in total. The number of aryl methyl sites for hydroxylation is 3. The summed E-state index contributed by atoms with van der Waals surface area (Å²) >= 11 is 0. The molecule has 2 heterocycles. The smallest absolute Gasteiger partial charge is 0.326 e. The largest absolute Gasteiger partial charge is 0.358 e. The number of carbonyl (C=O) groups is 1. The van der Waals surface area contributed by atoms with Crippen molar-refractivity contribution >= 4 is 16.8 Å². The number of H-pyrrole nitrogens is 3. The third kappa shape index (κ3) is 3.26. The molecule has 1 amide bonds. The van der Waals surface area contributed by atoms with Crippen molar-refractivity contribution in [3.8, 4) is 0 Å². The third-order valence-corrected chi connectivity index (χ3v) is 4.29. The number of rotatable bonds is 4. The van der Waals surface area contributed by atoms with Crippen molar-refractivity contribution in [1.29, 1.82) is 0 Å². The number of hydrogen-bond acceptors (Lipinski definition) is 3. The molecule has 0 saturated heterocycles. The zero-order chi connectivity index (χ0) is 18.1. The van der Waals surface area contributed by atoms with Crippen LogP contribution in [-0.4, -0.2) is 20.9 Å². The zero-order valence-electron chi connectivity index (χ0n) is 14.4. The fraction of sp³-hybridized carbons (Fsp3) is 0.278. The monoisotopic (exact) mass is 340 g/mol. The van der Waals surface area contributed by atoms with Crippen molar-refractivity contribution in [1.82, 2.24) is 20.3 Å². The van der Waals surface area contributed by atoms with Crippen LogP contribution < -0.4 is 16.6 Å². The molecule has 7 heteroatoms. The Morgan fingerprint density at radius 1 is 1.08 bits per heavy atom. The molecule has 3 aromatic rings. The first-order valence-corrected chi connectivity index (χ1v) is 8.11. The van der Waals surface area contributed by atoms with Crippen molar-refractivity contribution in [3.63, 3.8) is 0 Å². The molecule has 0 unspecified atom stereocenters. The Kier molecular flexibility index (Phi) is 4.31. The van der Waals surface area contributed by atoms with E-state index in [-0.39, 0.29) is 12.2 Å². The topological polar surface area (TPSA) is 111 Å². The van der Waals surface area contributed by atoms with Gasteiger partial charge in [-0.2, -0.15) is 0 Å². The van der Waals surface area contributed by atoms with Crippen molar-refractivity contribution in [2.24, 2.45) is 0 Å². The molecule has 130 valence electrons. The molecule has 0 atom stereocenters. The summed E-state index contributed by atoms with van der Waals surface area (Å²) in [5.41, 5.74) is 4.07. The Hall–Kier alpha value is -3.09. The van der Waals surface area contributed by atoms with E-state index >= 15 is 0 Å². The quantitative estimate of drug-likeness (QED) is 0.579. The maximum atomic E-state index is 12.2. The second-order valence-corrected chi connectivity index (χ2v) is 6.11. The number of amides is 1. The van der Waals surface area contributed by atoms with E-state index < -0.39 is 17.2 Å². The molecule has 0 saturated carbocycles. The average molecular weight is 340 g/mol. The van der Waals surface area contributed by atoms with Gasteiger partial charge in [0.15, 0.2) is 0 Å². The van der Waals surface area contributed by atoms with Crippen LogP contribution in [0.5, 0.6) is 0 Å². The minimum absolute atomic E-state index is 0.0606. The summed E-state index contributed by atoms with van der Waals surface area (Å²) in [4.78, 5) is 42.6. The lowest BCUT2D eigenvalue weighted by molar-refractivity contribution is 0.0945. The van der Waals surface area contributed by atoms with Gasteiger partial charge in [0.05, 0.1) is 5.52 Å². The van der Waals surface area contributed by atoms with Gasteiger partial charge in [-0.15, -0.1) is 0 Å². The van der Waals surface area contributed by atoms with Crippen LogP contribution in [0.1, 0.15) is 39.8 Å². The highest BCUT2D eigenvalue weighted by Crippen LogP contribution is 2.26. The number of carbonyl (C=O) groups excluding carboxylic acids is 1. The van der Waals surface area contributed by atoms with Crippen LogP contribution in [0, 0.1) is 13.8 Å². The number of aromatic amines is 3. The second kappa shape index (κ2) is 6.43. The highest BCUT2D eigenvalue weighted by atomic mass is 16.2. The number of nitrogens with one attached hydrogen (secondary N) is 4. The number of fused-ring (bicyclic) bond motifs is 1. The van der Waals surface area contributed by atoms with Gasteiger partial charge in [-0.3, -0.25) is 14.6 Å². The van der Waals surface area contributed by atoms with Crippen LogP contribution in [0.3, 0.4) is 0 Å². The lowest BCUT2D eigenvalue weighted by Gasteiger charge is -2.08. The molecular weight excluding hydrogens is 320 g/mol. The summed E-state index contributed by atoms with van der Waals surface area (Å²) in [5, 5.41) is 3.90. The van der Waals surface area contributed by atoms with E-state index in [1.165, 1.54) is 11.3 Å². The highest BCUT2D eigenvalue weighted by Gasteiger charge is 2.13. The van der Waals surface area contributed by atoms with E-state index in [2.05, 4.69) is 35.2 Å². The number of benzene rings is 1.